The molecule has 3 nitrogen and oxygen atoms in total. The Morgan fingerprint density at radius 2 is 1.92 bits per heavy atom. The van der Waals surface area contributed by atoms with Crippen molar-refractivity contribution in [1.82, 2.24) is 4.98 Å². The van der Waals surface area contributed by atoms with Gasteiger partial charge in [0.25, 0.3) is 6.43 Å². The van der Waals surface area contributed by atoms with E-state index < -0.39 is 23.6 Å². The predicted octanol–water partition coefficient (Wildman–Crippen LogP) is 1.32. The van der Waals surface area contributed by atoms with Crippen molar-refractivity contribution < 1.29 is 13.2 Å². The van der Waals surface area contributed by atoms with Crippen LogP contribution in [-0.4, -0.2) is 4.98 Å². The zero-order valence-electron chi connectivity index (χ0n) is 5.89. The zero-order valence-corrected chi connectivity index (χ0v) is 5.89. The number of nitrogens with zero attached hydrogens (tertiary/aromatic N) is 1. The first-order valence-electron chi connectivity index (χ1n) is 3.02. The lowest BCUT2D eigenvalue weighted by atomic mass is 10.2. The van der Waals surface area contributed by atoms with Crippen LogP contribution in [0.3, 0.4) is 0 Å². The lowest BCUT2D eigenvalue weighted by Gasteiger charge is -2.05. The van der Waals surface area contributed by atoms with E-state index in [1.807, 2.05) is 0 Å². The lowest BCUT2D eigenvalue weighted by Crippen LogP contribution is -2.04. The number of aromatic nitrogens is 1. The number of hydrogen-bond acceptors (Lipinski definition) is 3. The van der Waals surface area contributed by atoms with E-state index in [1.54, 1.807) is 0 Å². The Kier molecular flexibility index (Phi) is 2.07. The van der Waals surface area contributed by atoms with Gasteiger partial charge in [-0.3, -0.25) is 0 Å². The fraction of sp³-hybridized carbons (Fsp3) is 0.167. The molecule has 0 saturated heterocycles. The van der Waals surface area contributed by atoms with E-state index in [4.69, 9.17) is 11.5 Å². The number of nitrogen functional groups attached to an aromatic ring is 2. The van der Waals surface area contributed by atoms with Crippen LogP contribution in [-0.2, 0) is 0 Å². The average Bonchev–Trinajstić information content (AvgIpc) is 1.82. The van der Waals surface area contributed by atoms with Gasteiger partial charge in [-0.2, -0.15) is 0 Å². The summed E-state index contributed by atoms with van der Waals surface area (Å²) >= 11 is 0. The minimum Gasteiger partial charge on any atom is -0.384 e. The minimum absolute atomic E-state index is 0.214. The van der Waals surface area contributed by atoms with Crippen LogP contribution in [0.15, 0.2) is 6.07 Å². The van der Waals surface area contributed by atoms with Crippen molar-refractivity contribution in [2.75, 3.05) is 11.5 Å². The van der Waals surface area contributed by atoms with Crippen molar-refractivity contribution in [1.29, 1.82) is 0 Å². The largest absolute Gasteiger partial charge is 0.384 e. The summed E-state index contributed by atoms with van der Waals surface area (Å²) in [6.45, 7) is 0. The molecule has 4 N–H and O–H groups in total. The van der Waals surface area contributed by atoms with Crippen LogP contribution in [0.25, 0.3) is 0 Å². The summed E-state index contributed by atoms with van der Waals surface area (Å²) in [7, 11) is 0. The van der Waals surface area contributed by atoms with Gasteiger partial charge in [-0.25, -0.2) is 18.2 Å². The molecule has 1 heterocycles. The summed E-state index contributed by atoms with van der Waals surface area (Å²) < 4.78 is 36.7. The quantitative estimate of drug-likeness (QED) is 0.679. The van der Waals surface area contributed by atoms with Crippen LogP contribution < -0.4 is 11.5 Å². The molecule has 0 radical (unpaired) electrons. The van der Waals surface area contributed by atoms with Crippen molar-refractivity contribution in [3.63, 3.8) is 0 Å². The highest BCUT2D eigenvalue weighted by Gasteiger charge is 2.18. The van der Waals surface area contributed by atoms with E-state index >= 15 is 0 Å². The monoisotopic (exact) mass is 177 g/mol. The molecule has 0 atom stereocenters. The van der Waals surface area contributed by atoms with Gasteiger partial charge in [-0.15, -0.1) is 0 Å². The normalized spacial score (nSPS) is 10.7. The number of rotatable bonds is 1. The lowest BCUT2D eigenvalue weighted by molar-refractivity contribution is 0.147. The van der Waals surface area contributed by atoms with E-state index in [2.05, 4.69) is 4.98 Å². The molecule has 0 fully saturated rings. The van der Waals surface area contributed by atoms with Crippen molar-refractivity contribution in [2.24, 2.45) is 0 Å². The van der Waals surface area contributed by atoms with Crippen molar-refractivity contribution >= 4 is 11.6 Å². The zero-order chi connectivity index (χ0) is 9.30. The maximum Gasteiger partial charge on any atom is 0.270 e. The van der Waals surface area contributed by atoms with Crippen LogP contribution >= 0.6 is 0 Å². The molecule has 6 heteroatoms. The van der Waals surface area contributed by atoms with Gasteiger partial charge in [0, 0.05) is 6.07 Å². The summed E-state index contributed by atoms with van der Waals surface area (Å²) in [6, 6.07) is 0.706. The first kappa shape index (κ1) is 8.63. The van der Waals surface area contributed by atoms with Gasteiger partial charge in [0.15, 0.2) is 0 Å². The molecule has 0 aliphatic heterocycles. The van der Waals surface area contributed by atoms with Gasteiger partial charge in [0.05, 0.1) is 5.56 Å². The average molecular weight is 177 g/mol. The van der Waals surface area contributed by atoms with E-state index in [0.29, 0.717) is 6.07 Å². The summed E-state index contributed by atoms with van der Waals surface area (Å²) in [5, 5.41) is 0. The van der Waals surface area contributed by atoms with E-state index in [-0.39, 0.29) is 5.82 Å². The molecule has 0 unspecified atom stereocenters. The summed E-state index contributed by atoms with van der Waals surface area (Å²) in [4.78, 5) is 3.29. The fourth-order valence-corrected chi connectivity index (χ4v) is 0.778. The summed E-state index contributed by atoms with van der Waals surface area (Å²) in [6.07, 6.45) is -2.97. The second kappa shape index (κ2) is 2.88. The van der Waals surface area contributed by atoms with E-state index in [0.717, 1.165) is 0 Å². The van der Waals surface area contributed by atoms with Crippen LogP contribution in [0.4, 0.5) is 24.8 Å². The van der Waals surface area contributed by atoms with Gasteiger partial charge in [-0.1, -0.05) is 0 Å². The summed E-state index contributed by atoms with van der Waals surface area (Å²) in [5.41, 5.74) is 9.17. The van der Waals surface area contributed by atoms with Crippen molar-refractivity contribution in [3.05, 3.63) is 17.4 Å². The molecule has 0 aromatic carbocycles. The maximum atomic E-state index is 12.7. The first-order chi connectivity index (χ1) is 5.52. The molecular formula is C6H6F3N3. The molecule has 1 rings (SSSR count). The van der Waals surface area contributed by atoms with Gasteiger partial charge >= 0.3 is 0 Å². The highest BCUT2D eigenvalue weighted by molar-refractivity contribution is 5.47. The highest BCUT2D eigenvalue weighted by Crippen LogP contribution is 2.27. The number of hydrogen-bond donors (Lipinski definition) is 2. The van der Waals surface area contributed by atoms with Crippen molar-refractivity contribution in [2.45, 2.75) is 6.43 Å². The molecule has 0 saturated carbocycles. The van der Waals surface area contributed by atoms with Crippen LogP contribution in [0.1, 0.15) is 12.0 Å². The Bertz CT molecular complexity index is 277. The standard InChI is InChI=1S/C6H6F3N3/c7-2-1-3(10)12-6(11)4(2)5(8)9/h1,5H,(H4,10,11,12). The smallest absolute Gasteiger partial charge is 0.270 e. The van der Waals surface area contributed by atoms with E-state index in [1.165, 1.54) is 0 Å². The number of nitrogens with two attached hydrogens (primary N) is 2. The molecule has 0 aliphatic carbocycles. The van der Waals surface area contributed by atoms with Gasteiger partial charge in [0.2, 0.25) is 0 Å². The molecule has 66 valence electrons. The SMILES string of the molecule is Nc1cc(F)c(C(F)F)c(N)n1. The number of pyridine rings is 1. The van der Waals surface area contributed by atoms with Gasteiger partial charge in [-0.05, 0) is 0 Å². The topological polar surface area (TPSA) is 64.9 Å². The molecular weight excluding hydrogens is 171 g/mol. The number of halogens is 3. The molecule has 0 spiro atoms. The third-order valence-corrected chi connectivity index (χ3v) is 1.28. The Morgan fingerprint density at radius 3 is 2.33 bits per heavy atom. The second-order valence-electron chi connectivity index (χ2n) is 2.13. The molecule has 12 heavy (non-hydrogen) atoms. The highest BCUT2D eigenvalue weighted by atomic mass is 19.3. The van der Waals surface area contributed by atoms with Crippen molar-refractivity contribution in [3.8, 4) is 0 Å². The van der Waals surface area contributed by atoms with Crippen LogP contribution in [0.2, 0.25) is 0 Å². The molecule has 1 aromatic rings. The van der Waals surface area contributed by atoms with Gasteiger partial charge < -0.3 is 11.5 Å². The Hall–Kier alpha value is -1.46. The number of anilines is 2. The summed E-state index contributed by atoms with van der Waals surface area (Å²) in [5.74, 6) is -1.91. The molecule has 0 bridgehead atoms. The second-order valence-corrected chi connectivity index (χ2v) is 2.13. The molecule has 0 amide bonds. The van der Waals surface area contributed by atoms with Gasteiger partial charge in [0.1, 0.15) is 17.5 Å². The molecule has 0 aliphatic rings. The van der Waals surface area contributed by atoms with E-state index in [9.17, 15) is 13.2 Å². The molecule has 1 aromatic heterocycles. The Morgan fingerprint density at radius 1 is 1.33 bits per heavy atom. The third-order valence-electron chi connectivity index (χ3n) is 1.28. The Labute approximate surface area is 66.2 Å². The third kappa shape index (κ3) is 1.41. The Balaban J connectivity index is 3.28. The number of alkyl halides is 2. The minimum atomic E-state index is -2.97. The van der Waals surface area contributed by atoms with Crippen LogP contribution in [0, 0.1) is 5.82 Å². The first-order valence-corrected chi connectivity index (χ1v) is 3.02. The van der Waals surface area contributed by atoms with Crippen LogP contribution in [0.5, 0.6) is 0 Å². The fourth-order valence-electron chi connectivity index (χ4n) is 0.778. The predicted molar refractivity (Wildman–Crippen MR) is 38.0 cm³/mol. The maximum absolute atomic E-state index is 12.7.